The number of carbonyl (C=O) groups is 1. The van der Waals surface area contributed by atoms with E-state index in [0.717, 1.165) is 38.9 Å². The smallest absolute Gasteiger partial charge is 0.269 e. The number of allylic oxidation sites excluding steroid dienone is 2. The molecule has 5 nitrogen and oxygen atoms in total. The van der Waals surface area contributed by atoms with Crippen molar-refractivity contribution < 1.29 is 9.72 Å². The minimum atomic E-state index is -0.391. The summed E-state index contributed by atoms with van der Waals surface area (Å²) in [5.41, 5.74) is 4.51. The van der Waals surface area contributed by atoms with Gasteiger partial charge in [0.05, 0.1) is 10.6 Å². The molecule has 0 amide bonds. The maximum atomic E-state index is 12.7. The van der Waals surface area contributed by atoms with Crippen LogP contribution < -0.4 is 5.32 Å². The number of nitrogens with one attached hydrogen (secondary N) is 1. The number of carbonyl (C=O) groups excluding carboxylic acids is 1. The minimum Gasteiger partial charge on any atom is -0.358 e. The average Bonchev–Trinajstić information content (AvgIpc) is 3.07. The van der Waals surface area contributed by atoms with E-state index in [1.807, 2.05) is 30.3 Å². The van der Waals surface area contributed by atoms with E-state index in [4.69, 9.17) is 0 Å². The number of nitrogens with zero attached hydrogens (tertiary/aromatic N) is 1. The highest BCUT2D eigenvalue weighted by Crippen LogP contribution is 2.48. The molecular formula is C22H16N2O3. The lowest BCUT2D eigenvalue weighted by Crippen LogP contribution is -2.19. The number of nitro groups is 1. The number of fused-ring (bicyclic) bond motifs is 3. The topological polar surface area (TPSA) is 72.2 Å². The summed E-state index contributed by atoms with van der Waals surface area (Å²) in [5.74, 6) is -0.163. The number of benzene rings is 3. The van der Waals surface area contributed by atoms with Gasteiger partial charge in [-0.15, -0.1) is 0 Å². The molecule has 0 fully saturated rings. The summed E-state index contributed by atoms with van der Waals surface area (Å²) in [7, 11) is 0. The molecule has 132 valence electrons. The Hall–Kier alpha value is -3.47. The lowest BCUT2D eigenvalue weighted by atomic mass is 9.79. The largest absolute Gasteiger partial charge is 0.358 e. The quantitative estimate of drug-likeness (QED) is 0.522. The van der Waals surface area contributed by atoms with E-state index >= 15 is 0 Å². The van der Waals surface area contributed by atoms with Crippen LogP contribution in [0.1, 0.15) is 29.9 Å². The third-order valence-corrected chi connectivity index (χ3v) is 5.48. The summed E-state index contributed by atoms with van der Waals surface area (Å²) in [6.45, 7) is 0. The van der Waals surface area contributed by atoms with Gasteiger partial charge in [0.25, 0.3) is 5.69 Å². The molecule has 1 N–H and O–H groups in total. The van der Waals surface area contributed by atoms with Gasteiger partial charge in [0.2, 0.25) is 0 Å². The Labute approximate surface area is 155 Å². The van der Waals surface area contributed by atoms with Gasteiger partial charge in [-0.2, -0.15) is 0 Å². The first-order valence-electron chi connectivity index (χ1n) is 8.93. The van der Waals surface area contributed by atoms with Crippen molar-refractivity contribution >= 4 is 27.9 Å². The molecule has 0 saturated carbocycles. The summed E-state index contributed by atoms with van der Waals surface area (Å²) in [4.78, 5) is 23.5. The van der Waals surface area contributed by atoms with Crippen LogP contribution in [0.15, 0.2) is 71.9 Å². The van der Waals surface area contributed by atoms with Crippen molar-refractivity contribution in [1.29, 1.82) is 0 Å². The highest BCUT2D eigenvalue weighted by atomic mass is 16.6. The zero-order valence-corrected chi connectivity index (χ0v) is 14.4. The van der Waals surface area contributed by atoms with Crippen LogP contribution in [0.4, 0.5) is 11.4 Å². The van der Waals surface area contributed by atoms with Gasteiger partial charge in [-0.05, 0) is 22.9 Å². The van der Waals surface area contributed by atoms with Crippen LogP contribution in [0, 0.1) is 10.1 Å². The summed E-state index contributed by atoms with van der Waals surface area (Å²) in [5, 5.41) is 17.0. The maximum absolute atomic E-state index is 12.7. The third kappa shape index (κ3) is 2.35. The van der Waals surface area contributed by atoms with Crippen LogP contribution in [0.25, 0.3) is 10.8 Å². The Kier molecular flexibility index (Phi) is 3.37. The van der Waals surface area contributed by atoms with Crippen molar-refractivity contribution in [3.63, 3.8) is 0 Å². The number of non-ortho nitro benzene ring substituents is 1. The molecule has 1 aliphatic heterocycles. The van der Waals surface area contributed by atoms with E-state index in [-0.39, 0.29) is 17.4 Å². The van der Waals surface area contributed by atoms with Crippen molar-refractivity contribution in [3.8, 4) is 0 Å². The van der Waals surface area contributed by atoms with Gasteiger partial charge in [-0.3, -0.25) is 14.9 Å². The molecule has 3 aromatic carbocycles. The van der Waals surface area contributed by atoms with Crippen molar-refractivity contribution in [2.24, 2.45) is 0 Å². The number of hydrogen-bond acceptors (Lipinski definition) is 4. The van der Waals surface area contributed by atoms with Crippen LogP contribution in [-0.2, 0) is 4.79 Å². The van der Waals surface area contributed by atoms with Gasteiger partial charge >= 0.3 is 0 Å². The molecule has 1 atom stereocenters. The van der Waals surface area contributed by atoms with E-state index in [2.05, 4.69) is 17.4 Å². The van der Waals surface area contributed by atoms with Gasteiger partial charge in [-0.1, -0.05) is 48.5 Å². The van der Waals surface area contributed by atoms with Gasteiger partial charge < -0.3 is 5.32 Å². The average molecular weight is 356 g/mol. The Morgan fingerprint density at radius 3 is 2.70 bits per heavy atom. The molecular weight excluding hydrogens is 340 g/mol. The number of ketones is 1. The van der Waals surface area contributed by atoms with Crippen molar-refractivity contribution in [2.45, 2.75) is 18.8 Å². The number of rotatable bonds is 2. The first-order chi connectivity index (χ1) is 13.1. The Balaban J connectivity index is 1.79. The Morgan fingerprint density at radius 1 is 1.00 bits per heavy atom. The van der Waals surface area contributed by atoms with Gasteiger partial charge in [-0.25, -0.2) is 0 Å². The normalized spacial score (nSPS) is 18.2. The molecule has 27 heavy (non-hydrogen) atoms. The standard InChI is InChI=1S/C22H16N2O3/c25-19-11-10-18-21(19)20(14-5-3-6-15(12-14)24(26)27)17-9-8-13-4-1-2-7-16(13)22(17)23-18/h1-9,12,20,23H,10-11H2/t20-/m1/s1. The minimum absolute atomic E-state index is 0.0426. The number of anilines is 1. The molecule has 1 heterocycles. The maximum Gasteiger partial charge on any atom is 0.269 e. The van der Waals surface area contributed by atoms with Crippen LogP contribution in [0.5, 0.6) is 0 Å². The predicted octanol–water partition coefficient (Wildman–Crippen LogP) is 4.92. The molecule has 5 heteroatoms. The molecule has 0 saturated heterocycles. The van der Waals surface area contributed by atoms with Crippen LogP contribution in [0.3, 0.4) is 0 Å². The molecule has 5 rings (SSSR count). The van der Waals surface area contributed by atoms with E-state index in [1.54, 1.807) is 12.1 Å². The molecule has 1 aliphatic carbocycles. The van der Waals surface area contributed by atoms with E-state index in [9.17, 15) is 14.9 Å². The van der Waals surface area contributed by atoms with Crippen LogP contribution >= 0.6 is 0 Å². The fourth-order valence-corrected chi connectivity index (χ4v) is 4.28. The molecule has 0 unspecified atom stereocenters. The predicted molar refractivity (Wildman–Crippen MR) is 104 cm³/mol. The van der Waals surface area contributed by atoms with Gasteiger partial charge in [0.15, 0.2) is 5.78 Å². The first kappa shape index (κ1) is 15.8. The second-order valence-corrected chi connectivity index (χ2v) is 6.98. The van der Waals surface area contributed by atoms with E-state index in [1.165, 1.54) is 6.07 Å². The second-order valence-electron chi connectivity index (χ2n) is 6.98. The van der Waals surface area contributed by atoms with Crippen LogP contribution in [0.2, 0.25) is 0 Å². The zero-order valence-electron chi connectivity index (χ0n) is 14.4. The number of nitro benzene ring substituents is 1. The van der Waals surface area contributed by atoms with Crippen molar-refractivity contribution in [3.05, 3.63) is 93.2 Å². The zero-order chi connectivity index (χ0) is 18.5. The molecule has 0 aromatic heterocycles. The lowest BCUT2D eigenvalue weighted by Gasteiger charge is -2.29. The number of Topliss-reactive ketones (excluding diaryl/α,β-unsaturated/α-hetero) is 1. The molecule has 0 spiro atoms. The summed E-state index contributed by atoms with van der Waals surface area (Å²) in [6, 6.07) is 18.8. The molecule has 0 bridgehead atoms. The third-order valence-electron chi connectivity index (χ3n) is 5.48. The van der Waals surface area contributed by atoms with Gasteiger partial charge in [0, 0.05) is 41.1 Å². The Morgan fingerprint density at radius 2 is 1.85 bits per heavy atom. The monoisotopic (exact) mass is 356 g/mol. The Bertz CT molecular complexity index is 1160. The summed E-state index contributed by atoms with van der Waals surface area (Å²) < 4.78 is 0. The van der Waals surface area contributed by atoms with E-state index < -0.39 is 4.92 Å². The van der Waals surface area contributed by atoms with Gasteiger partial charge in [0.1, 0.15) is 0 Å². The SMILES string of the molecule is O=C1CCC2=C1[C@H](c1cccc([N+](=O)[O-])c1)c1ccc3ccccc3c1N2. The highest BCUT2D eigenvalue weighted by molar-refractivity contribution is 6.06. The second kappa shape index (κ2) is 5.77. The van der Waals surface area contributed by atoms with Crippen molar-refractivity contribution in [2.75, 3.05) is 5.32 Å². The highest BCUT2D eigenvalue weighted by Gasteiger charge is 2.37. The van der Waals surface area contributed by atoms with E-state index in [0.29, 0.717) is 12.8 Å². The first-order valence-corrected chi connectivity index (χ1v) is 8.93. The molecule has 3 aromatic rings. The molecule has 0 radical (unpaired) electrons. The van der Waals surface area contributed by atoms with Crippen molar-refractivity contribution in [1.82, 2.24) is 0 Å². The summed E-state index contributed by atoms with van der Waals surface area (Å²) in [6.07, 6.45) is 1.16. The summed E-state index contributed by atoms with van der Waals surface area (Å²) >= 11 is 0. The fourth-order valence-electron chi connectivity index (χ4n) is 4.28. The fraction of sp³-hybridized carbons (Fsp3) is 0.136. The lowest BCUT2D eigenvalue weighted by molar-refractivity contribution is -0.384. The molecule has 2 aliphatic rings. The van der Waals surface area contributed by atoms with Crippen LogP contribution in [-0.4, -0.2) is 10.7 Å². The number of hydrogen-bond donors (Lipinski definition) is 1.